The van der Waals surface area contributed by atoms with Crippen molar-refractivity contribution in [2.45, 2.75) is 17.1 Å². The van der Waals surface area contributed by atoms with E-state index in [1.807, 2.05) is 60.0 Å². The number of hydrogen-bond acceptors (Lipinski definition) is 5. The van der Waals surface area contributed by atoms with Crippen LogP contribution in [0.25, 0.3) is 0 Å². The largest absolute Gasteiger partial charge is 0.496 e. The van der Waals surface area contributed by atoms with E-state index >= 15 is 0 Å². The standard InChI is InChI=1S/C19H18N2O2S2/c1-23-16-9-5-6-10-17(16)24-12-15-13-25-19(21-15)11-18(22)20-14-7-3-2-4-8-14/h2-10,13H,11-12H2,1H3,(H,20,22). The summed E-state index contributed by atoms with van der Waals surface area (Å²) in [5, 5.41) is 5.71. The lowest BCUT2D eigenvalue weighted by Crippen LogP contribution is -2.14. The minimum absolute atomic E-state index is 0.0514. The molecule has 0 bridgehead atoms. The Labute approximate surface area is 155 Å². The van der Waals surface area contributed by atoms with Crippen LogP contribution in [0.2, 0.25) is 0 Å². The lowest BCUT2D eigenvalue weighted by Gasteiger charge is -2.06. The number of amides is 1. The molecule has 0 radical (unpaired) electrons. The Balaban J connectivity index is 1.54. The van der Waals surface area contributed by atoms with Crippen molar-refractivity contribution in [1.29, 1.82) is 0 Å². The second-order valence-electron chi connectivity index (χ2n) is 5.26. The Bertz CT molecular complexity index is 834. The Morgan fingerprint density at radius 3 is 2.72 bits per heavy atom. The second-order valence-corrected chi connectivity index (χ2v) is 7.22. The van der Waals surface area contributed by atoms with Gasteiger partial charge in [0.15, 0.2) is 0 Å². The fraction of sp³-hybridized carbons (Fsp3) is 0.158. The van der Waals surface area contributed by atoms with Gasteiger partial charge in [0, 0.05) is 21.7 Å². The maximum absolute atomic E-state index is 12.1. The molecule has 1 aromatic heterocycles. The molecule has 1 amide bonds. The molecule has 0 aliphatic rings. The minimum Gasteiger partial charge on any atom is -0.496 e. The molecule has 0 atom stereocenters. The number of benzene rings is 2. The molecule has 3 rings (SSSR count). The van der Waals surface area contributed by atoms with Gasteiger partial charge in [0.1, 0.15) is 10.8 Å². The van der Waals surface area contributed by atoms with E-state index in [9.17, 15) is 4.79 Å². The highest BCUT2D eigenvalue weighted by Gasteiger charge is 2.10. The van der Waals surface area contributed by atoms with Crippen LogP contribution in [0.15, 0.2) is 64.9 Å². The first-order valence-electron chi connectivity index (χ1n) is 7.78. The third-order valence-electron chi connectivity index (χ3n) is 3.41. The number of carbonyl (C=O) groups excluding carboxylic acids is 1. The van der Waals surface area contributed by atoms with Gasteiger partial charge in [-0.25, -0.2) is 4.98 Å². The maximum atomic E-state index is 12.1. The van der Waals surface area contributed by atoms with Crippen LogP contribution in [0.1, 0.15) is 10.7 Å². The zero-order chi connectivity index (χ0) is 17.5. The highest BCUT2D eigenvalue weighted by molar-refractivity contribution is 7.98. The van der Waals surface area contributed by atoms with Crippen molar-refractivity contribution in [3.8, 4) is 5.75 Å². The zero-order valence-electron chi connectivity index (χ0n) is 13.8. The third kappa shape index (κ3) is 5.08. The van der Waals surface area contributed by atoms with E-state index in [1.165, 1.54) is 11.3 Å². The van der Waals surface area contributed by atoms with Crippen LogP contribution >= 0.6 is 23.1 Å². The molecule has 0 fully saturated rings. The van der Waals surface area contributed by atoms with Crippen LogP contribution in [-0.4, -0.2) is 18.0 Å². The lowest BCUT2D eigenvalue weighted by molar-refractivity contribution is -0.115. The molecule has 0 spiro atoms. The van der Waals surface area contributed by atoms with E-state index < -0.39 is 0 Å². The van der Waals surface area contributed by atoms with Crippen LogP contribution in [0.3, 0.4) is 0 Å². The fourth-order valence-electron chi connectivity index (χ4n) is 2.25. The Kier molecular flexibility index (Phi) is 6.09. The number of nitrogens with one attached hydrogen (secondary N) is 1. The number of para-hydroxylation sites is 2. The number of aromatic nitrogens is 1. The van der Waals surface area contributed by atoms with Gasteiger partial charge in [0.25, 0.3) is 0 Å². The lowest BCUT2D eigenvalue weighted by atomic mass is 10.3. The van der Waals surface area contributed by atoms with Crippen molar-refractivity contribution < 1.29 is 9.53 Å². The monoisotopic (exact) mass is 370 g/mol. The first-order valence-corrected chi connectivity index (χ1v) is 9.65. The van der Waals surface area contributed by atoms with Gasteiger partial charge >= 0.3 is 0 Å². The smallest absolute Gasteiger partial charge is 0.231 e. The van der Waals surface area contributed by atoms with Crippen LogP contribution in [0.4, 0.5) is 5.69 Å². The normalized spacial score (nSPS) is 10.4. The summed E-state index contributed by atoms with van der Waals surface area (Å²) in [6.07, 6.45) is 0.291. The van der Waals surface area contributed by atoms with Crippen LogP contribution in [-0.2, 0) is 17.0 Å². The molecule has 0 aliphatic carbocycles. The predicted molar refractivity (Wildman–Crippen MR) is 103 cm³/mol. The summed E-state index contributed by atoms with van der Waals surface area (Å²) in [5.74, 6) is 1.56. The second kappa shape index (κ2) is 8.69. The first-order chi connectivity index (χ1) is 12.2. The number of anilines is 1. The van der Waals surface area contributed by atoms with Crippen molar-refractivity contribution in [3.63, 3.8) is 0 Å². The molecule has 1 N–H and O–H groups in total. The van der Waals surface area contributed by atoms with E-state index in [2.05, 4.69) is 10.3 Å². The predicted octanol–water partition coefficient (Wildman–Crippen LogP) is 4.63. The number of nitrogens with zero attached hydrogens (tertiary/aromatic N) is 1. The Morgan fingerprint density at radius 1 is 1.16 bits per heavy atom. The van der Waals surface area contributed by atoms with Gasteiger partial charge in [-0.15, -0.1) is 23.1 Å². The fourth-order valence-corrected chi connectivity index (χ4v) is 4.07. The van der Waals surface area contributed by atoms with Gasteiger partial charge in [-0.3, -0.25) is 4.79 Å². The number of ether oxygens (including phenoxy) is 1. The van der Waals surface area contributed by atoms with Crippen molar-refractivity contribution in [2.75, 3.05) is 12.4 Å². The van der Waals surface area contributed by atoms with Crippen molar-refractivity contribution in [3.05, 3.63) is 70.7 Å². The molecular weight excluding hydrogens is 352 g/mol. The van der Waals surface area contributed by atoms with Crippen LogP contribution in [0, 0.1) is 0 Å². The Hall–Kier alpha value is -2.31. The van der Waals surface area contributed by atoms with Crippen molar-refractivity contribution in [2.24, 2.45) is 0 Å². The highest BCUT2D eigenvalue weighted by atomic mass is 32.2. The summed E-state index contributed by atoms with van der Waals surface area (Å²) in [6.45, 7) is 0. The van der Waals surface area contributed by atoms with Crippen molar-refractivity contribution >= 4 is 34.7 Å². The summed E-state index contributed by atoms with van der Waals surface area (Å²) >= 11 is 3.20. The van der Waals surface area contributed by atoms with Crippen LogP contribution in [0.5, 0.6) is 5.75 Å². The summed E-state index contributed by atoms with van der Waals surface area (Å²) in [4.78, 5) is 17.7. The van der Waals surface area contributed by atoms with E-state index in [0.717, 1.165) is 32.8 Å². The summed E-state index contributed by atoms with van der Waals surface area (Å²) in [6, 6.07) is 17.4. The number of methoxy groups -OCH3 is 1. The number of thioether (sulfide) groups is 1. The number of rotatable bonds is 7. The molecule has 128 valence electrons. The third-order valence-corrected chi connectivity index (χ3v) is 5.40. The van der Waals surface area contributed by atoms with Gasteiger partial charge in [0.05, 0.1) is 19.2 Å². The summed E-state index contributed by atoms with van der Waals surface area (Å²) in [7, 11) is 1.67. The molecule has 4 nitrogen and oxygen atoms in total. The average Bonchev–Trinajstić information content (AvgIpc) is 3.08. The van der Waals surface area contributed by atoms with Crippen LogP contribution < -0.4 is 10.1 Å². The molecule has 3 aromatic rings. The molecule has 0 unspecified atom stereocenters. The van der Waals surface area contributed by atoms with E-state index in [-0.39, 0.29) is 5.91 Å². The molecule has 0 aliphatic heterocycles. The van der Waals surface area contributed by atoms with Gasteiger partial charge in [-0.2, -0.15) is 0 Å². The van der Waals surface area contributed by atoms with E-state index in [0.29, 0.717) is 6.42 Å². The van der Waals surface area contributed by atoms with Crippen molar-refractivity contribution in [1.82, 2.24) is 4.98 Å². The number of thiazole rings is 1. The Morgan fingerprint density at radius 2 is 1.92 bits per heavy atom. The average molecular weight is 370 g/mol. The summed E-state index contributed by atoms with van der Waals surface area (Å²) in [5.41, 5.74) is 1.78. The molecular formula is C19H18N2O2S2. The quantitative estimate of drug-likeness (QED) is 0.616. The molecule has 2 aromatic carbocycles. The topological polar surface area (TPSA) is 51.2 Å². The van der Waals surface area contributed by atoms with Gasteiger partial charge < -0.3 is 10.1 Å². The molecule has 25 heavy (non-hydrogen) atoms. The minimum atomic E-state index is -0.0514. The molecule has 0 saturated carbocycles. The van der Waals surface area contributed by atoms with E-state index in [1.54, 1.807) is 18.9 Å². The van der Waals surface area contributed by atoms with Gasteiger partial charge in [-0.1, -0.05) is 30.3 Å². The van der Waals surface area contributed by atoms with E-state index in [4.69, 9.17) is 4.74 Å². The SMILES string of the molecule is COc1ccccc1SCc1csc(CC(=O)Nc2ccccc2)n1. The molecule has 1 heterocycles. The number of hydrogen-bond donors (Lipinski definition) is 1. The molecule has 6 heteroatoms. The highest BCUT2D eigenvalue weighted by Crippen LogP contribution is 2.31. The molecule has 0 saturated heterocycles. The number of carbonyl (C=O) groups is 1. The summed E-state index contributed by atoms with van der Waals surface area (Å²) < 4.78 is 5.36. The van der Waals surface area contributed by atoms with Gasteiger partial charge in [0.2, 0.25) is 5.91 Å². The zero-order valence-corrected chi connectivity index (χ0v) is 15.4. The van der Waals surface area contributed by atoms with Gasteiger partial charge in [-0.05, 0) is 24.3 Å². The first kappa shape index (κ1) is 17.5. The maximum Gasteiger partial charge on any atom is 0.231 e.